The summed E-state index contributed by atoms with van der Waals surface area (Å²) in [6.07, 6.45) is -0.984. The first-order valence-corrected chi connectivity index (χ1v) is 9.16. The number of nitrogens with one attached hydrogen (secondary N) is 1. The Morgan fingerprint density at radius 1 is 1.00 bits per heavy atom. The molecule has 1 fully saturated rings. The highest BCUT2D eigenvalue weighted by Crippen LogP contribution is 2.23. The molecule has 2 heterocycles. The highest BCUT2D eigenvalue weighted by molar-refractivity contribution is 5.86. The van der Waals surface area contributed by atoms with Gasteiger partial charge in [0.05, 0.1) is 10.9 Å². The van der Waals surface area contributed by atoms with E-state index < -0.39 is 18.0 Å². The number of ether oxygens (including phenoxy) is 2. The van der Waals surface area contributed by atoms with Crippen LogP contribution in [0.5, 0.6) is 5.88 Å². The van der Waals surface area contributed by atoms with Gasteiger partial charge in [-0.15, -0.1) is 5.10 Å². The first-order chi connectivity index (χ1) is 14.1. The molecule has 2 amide bonds. The van der Waals surface area contributed by atoms with E-state index in [1.165, 1.54) is 23.1 Å². The number of hydrogen-bond donors (Lipinski definition) is 1. The molecule has 2 aromatic carbocycles. The number of aromatic nitrogens is 2. The van der Waals surface area contributed by atoms with Crippen molar-refractivity contribution in [3.8, 4) is 5.88 Å². The minimum atomic E-state index is -0.569. The lowest BCUT2D eigenvalue weighted by molar-refractivity contribution is 0.0703. The van der Waals surface area contributed by atoms with Crippen molar-refractivity contribution in [2.24, 2.45) is 0 Å². The maximum atomic E-state index is 13.2. The minimum absolute atomic E-state index is 0.0923. The Bertz CT molecular complexity index is 1020. The summed E-state index contributed by atoms with van der Waals surface area (Å²) >= 11 is 0. The van der Waals surface area contributed by atoms with Gasteiger partial charge >= 0.3 is 12.2 Å². The second-order valence-corrected chi connectivity index (χ2v) is 6.60. The third kappa shape index (κ3) is 4.29. The summed E-state index contributed by atoms with van der Waals surface area (Å²) in [7, 11) is 0. The lowest BCUT2D eigenvalue weighted by atomic mass is 10.2. The molecule has 0 unspecified atom stereocenters. The maximum absolute atomic E-state index is 13.2. The van der Waals surface area contributed by atoms with E-state index in [1.54, 1.807) is 4.90 Å². The number of nitrogens with zero attached hydrogens (tertiary/aromatic N) is 3. The minimum Gasteiger partial charge on any atom is -0.445 e. The molecule has 150 valence electrons. The van der Waals surface area contributed by atoms with E-state index in [0.717, 1.165) is 5.56 Å². The zero-order valence-corrected chi connectivity index (χ0v) is 15.5. The summed E-state index contributed by atoms with van der Waals surface area (Å²) in [5.41, 5.74) is 1.35. The average molecular weight is 398 g/mol. The van der Waals surface area contributed by atoms with Crippen molar-refractivity contribution in [2.45, 2.75) is 6.61 Å². The van der Waals surface area contributed by atoms with Crippen LogP contribution in [0.4, 0.5) is 14.0 Å². The van der Waals surface area contributed by atoms with Gasteiger partial charge in [-0.2, -0.15) is 0 Å². The summed E-state index contributed by atoms with van der Waals surface area (Å²) in [6, 6.07) is 13.5. The lowest BCUT2D eigenvalue weighted by Crippen LogP contribution is -2.51. The van der Waals surface area contributed by atoms with Crippen molar-refractivity contribution in [1.29, 1.82) is 0 Å². The van der Waals surface area contributed by atoms with Crippen LogP contribution in [-0.4, -0.2) is 58.4 Å². The third-order valence-electron chi connectivity index (χ3n) is 4.68. The quantitative estimate of drug-likeness (QED) is 0.732. The third-order valence-corrected chi connectivity index (χ3v) is 4.68. The maximum Gasteiger partial charge on any atom is 0.416 e. The van der Waals surface area contributed by atoms with Gasteiger partial charge in [-0.05, 0) is 23.8 Å². The molecular weight excluding hydrogens is 379 g/mol. The van der Waals surface area contributed by atoms with Gasteiger partial charge in [0.2, 0.25) is 0 Å². The SMILES string of the molecule is O=C(OCc1ccccc1)N1CCN(C(=O)Oc2n[nH]c3cc(F)ccc23)CC1. The van der Waals surface area contributed by atoms with E-state index in [0.29, 0.717) is 37.1 Å². The Labute approximate surface area is 165 Å². The van der Waals surface area contributed by atoms with E-state index in [4.69, 9.17) is 9.47 Å². The Hall–Kier alpha value is -3.62. The predicted octanol–water partition coefficient (Wildman–Crippen LogP) is 3.16. The summed E-state index contributed by atoms with van der Waals surface area (Å²) in [5, 5.41) is 7.07. The smallest absolute Gasteiger partial charge is 0.416 e. The standard InChI is InChI=1S/C20H19FN4O4/c21-15-6-7-16-17(12-15)22-23-18(16)29-20(27)25-10-8-24(9-11-25)19(26)28-13-14-4-2-1-3-5-14/h1-7,12H,8-11,13H2,(H,22,23). The Balaban J connectivity index is 1.28. The van der Waals surface area contributed by atoms with Gasteiger partial charge in [-0.1, -0.05) is 30.3 Å². The number of aromatic amines is 1. The Morgan fingerprint density at radius 2 is 1.69 bits per heavy atom. The van der Waals surface area contributed by atoms with Crippen LogP contribution >= 0.6 is 0 Å². The van der Waals surface area contributed by atoms with Gasteiger partial charge in [-0.3, -0.25) is 5.10 Å². The van der Waals surface area contributed by atoms with Crippen LogP contribution in [0.15, 0.2) is 48.5 Å². The molecule has 1 saturated heterocycles. The van der Waals surface area contributed by atoms with Crippen molar-refractivity contribution >= 4 is 23.1 Å². The molecule has 1 N–H and O–H groups in total. The number of carbonyl (C=O) groups excluding carboxylic acids is 2. The number of H-pyrrole nitrogens is 1. The predicted molar refractivity (Wildman–Crippen MR) is 102 cm³/mol. The molecule has 0 atom stereocenters. The molecule has 1 aliphatic rings. The van der Waals surface area contributed by atoms with Gasteiger partial charge in [0.15, 0.2) is 0 Å². The average Bonchev–Trinajstić information content (AvgIpc) is 3.14. The molecule has 8 nitrogen and oxygen atoms in total. The van der Waals surface area contributed by atoms with Gasteiger partial charge in [0.1, 0.15) is 12.4 Å². The highest BCUT2D eigenvalue weighted by Gasteiger charge is 2.27. The highest BCUT2D eigenvalue weighted by atomic mass is 19.1. The van der Waals surface area contributed by atoms with Crippen LogP contribution in [0, 0.1) is 5.82 Å². The van der Waals surface area contributed by atoms with Gasteiger partial charge < -0.3 is 19.3 Å². The number of fused-ring (bicyclic) bond motifs is 1. The van der Waals surface area contributed by atoms with Gasteiger partial charge in [0.25, 0.3) is 5.88 Å². The summed E-state index contributed by atoms with van der Waals surface area (Å²) < 4.78 is 23.9. The molecule has 0 spiro atoms. The van der Waals surface area contributed by atoms with Crippen LogP contribution in [0.3, 0.4) is 0 Å². The molecule has 3 aromatic rings. The van der Waals surface area contributed by atoms with Crippen molar-refractivity contribution in [2.75, 3.05) is 26.2 Å². The first kappa shape index (κ1) is 18.7. The van der Waals surface area contributed by atoms with E-state index in [9.17, 15) is 14.0 Å². The second kappa shape index (κ2) is 8.17. The zero-order valence-electron chi connectivity index (χ0n) is 15.5. The molecule has 9 heteroatoms. The van der Waals surface area contributed by atoms with Crippen molar-refractivity contribution in [1.82, 2.24) is 20.0 Å². The molecule has 0 radical (unpaired) electrons. The fourth-order valence-corrected chi connectivity index (χ4v) is 3.07. The molecule has 1 aliphatic heterocycles. The van der Waals surface area contributed by atoms with Gasteiger partial charge in [-0.25, -0.2) is 14.0 Å². The van der Waals surface area contributed by atoms with E-state index >= 15 is 0 Å². The monoisotopic (exact) mass is 398 g/mol. The number of benzene rings is 2. The van der Waals surface area contributed by atoms with Crippen molar-refractivity contribution < 1.29 is 23.5 Å². The number of piperazine rings is 1. The normalized spacial score (nSPS) is 14.1. The number of amides is 2. The lowest BCUT2D eigenvalue weighted by Gasteiger charge is -2.33. The van der Waals surface area contributed by atoms with Crippen molar-refractivity contribution in [3.63, 3.8) is 0 Å². The van der Waals surface area contributed by atoms with E-state index in [1.807, 2.05) is 30.3 Å². The largest absolute Gasteiger partial charge is 0.445 e. The Kier molecular flexibility index (Phi) is 5.28. The topological polar surface area (TPSA) is 87.8 Å². The van der Waals surface area contributed by atoms with E-state index in [-0.39, 0.29) is 12.5 Å². The fourth-order valence-electron chi connectivity index (χ4n) is 3.07. The van der Waals surface area contributed by atoms with Crippen LogP contribution in [0.1, 0.15) is 5.56 Å². The Morgan fingerprint density at radius 3 is 2.41 bits per heavy atom. The van der Waals surface area contributed by atoms with Crippen LogP contribution in [0.25, 0.3) is 10.9 Å². The molecule has 29 heavy (non-hydrogen) atoms. The van der Waals surface area contributed by atoms with Gasteiger partial charge in [0, 0.05) is 26.2 Å². The summed E-state index contributed by atoms with van der Waals surface area (Å²) in [6.45, 7) is 1.52. The summed E-state index contributed by atoms with van der Waals surface area (Å²) in [4.78, 5) is 27.7. The molecular formula is C20H19FN4O4. The van der Waals surface area contributed by atoms with Crippen LogP contribution < -0.4 is 4.74 Å². The number of rotatable bonds is 3. The zero-order chi connectivity index (χ0) is 20.2. The van der Waals surface area contributed by atoms with Crippen molar-refractivity contribution in [3.05, 3.63) is 59.9 Å². The van der Waals surface area contributed by atoms with E-state index in [2.05, 4.69) is 10.2 Å². The molecule has 4 rings (SSSR count). The molecule has 1 aromatic heterocycles. The number of carbonyl (C=O) groups is 2. The first-order valence-electron chi connectivity index (χ1n) is 9.16. The number of halogens is 1. The molecule has 0 bridgehead atoms. The molecule has 0 saturated carbocycles. The summed E-state index contributed by atoms with van der Waals surface area (Å²) in [5.74, 6) is -0.316. The van der Waals surface area contributed by atoms with Crippen LogP contribution in [0.2, 0.25) is 0 Å². The molecule has 0 aliphatic carbocycles. The van der Waals surface area contributed by atoms with Crippen LogP contribution in [-0.2, 0) is 11.3 Å². The number of hydrogen-bond acceptors (Lipinski definition) is 5. The fraction of sp³-hybridized carbons (Fsp3) is 0.250. The second-order valence-electron chi connectivity index (χ2n) is 6.60.